The molecule has 1 saturated heterocycles. The Balaban J connectivity index is 2.56. The summed E-state index contributed by atoms with van der Waals surface area (Å²) in [5.41, 5.74) is 0.0654. The first kappa shape index (κ1) is 13.9. The van der Waals surface area contributed by atoms with E-state index in [2.05, 4.69) is 25.7 Å². The smallest absolute Gasteiger partial charge is 0.216 e. The van der Waals surface area contributed by atoms with Crippen LogP contribution in [-0.2, 0) is 10.0 Å². The maximum Gasteiger partial charge on any atom is 0.216 e. The zero-order valence-corrected chi connectivity index (χ0v) is 11.1. The molecule has 1 aliphatic heterocycles. The minimum atomic E-state index is -3.37. The van der Waals surface area contributed by atoms with Gasteiger partial charge >= 0.3 is 0 Å². The van der Waals surface area contributed by atoms with Crippen molar-refractivity contribution in [3.05, 3.63) is 0 Å². The first-order valence-corrected chi connectivity index (χ1v) is 7.17. The van der Waals surface area contributed by atoms with Gasteiger partial charge in [-0.2, -0.15) is 4.31 Å². The van der Waals surface area contributed by atoms with Crippen LogP contribution in [0.25, 0.3) is 0 Å². The van der Waals surface area contributed by atoms with Gasteiger partial charge in [0.15, 0.2) is 0 Å². The van der Waals surface area contributed by atoms with Crippen LogP contribution >= 0.6 is 0 Å². The average Bonchev–Trinajstić information content (AvgIpc) is 2.16. The molecule has 1 aliphatic rings. The second-order valence-electron chi connectivity index (χ2n) is 5.06. The second kappa shape index (κ2) is 4.98. The van der Waals surface area contributed by atoms with Crippen LogP contribution in [0.2, 0.25) is 0 Å². The lowest BCUT2D eigenvalue weighted by Crippen LogP contribution is -2.55. The van der Waals surface area contributed by atoms with Crippen molar-refractivity contribution in [1.29, 1.82) is 0 Å². The lowest BCUT2D eigenvalue weighted by Gasteiger charge is -2.41. The summed E-state index contributed by atoms with van der Waals surface area (Å²) in [5, 5.41) is 0. The van der Waals surface area contributed by atoms with Gasteiger partial charge in [0.2, 0.25) is 10.0 Å². The van der Waals surface area contributed by atoms with Crippen molar-refractivity contribution in [3.63, 3.8) is 0 Å². The van der Waals surface area contributed by atoms with Crippen LogP contribution in [0.3, 0.4) is 0 Å². The molecular weight excluding hydrogens is 231 g/mol. The van der Waals surface area contributed by atoms with E-state index in [-0.39, 0.29) is 11.3 Å². The van der Waals surface area contributed by atoms with Gasteiger partial charge in [0, 0.05) is 31.7 Å². The van der Waals surface area contributed by atoms with Crippen molar-refractivity contribution in [3.8, 4) is 0 Å². The summed E-state index contributed by atoms with van der Waals surface area (Å²) in [6.45, 7) is 7.90. The molecule has 0 spiro atoms. The van der Waals surface area contributed by atoms with Crippen LogP contribution in [0.4, 0.5) is 4.39 Å². The van der Waals surface area contributed by atoms with Gasteiger partial charge in [-0.3, -0.25) is 4.90 Å². The summed E-state index contributed by atoms with van der Waals surface area (Å²) in [5.74, 6) is -0.386. The molecule has 0 N–H and O–H groups in total. The van der Waals surface area contributed by atoms with E-state index in [0.29, 0.717) is 13.1 Å². The highest BCUT2D eigenvalue weighted by molar-refractivity contribution is 7.89. The Morgan fingerprint density at radius 1 is 1.12 bits per heavy atom. The third kappa shape index (κ3) is 3.40. The molecule has 0 aromatic carbocycles. The van der Waals surface area contributed by atoms with Crippen molar-refractivity contribution in [2.45, 2.75) is 26.3 Å². The number of rotatable bonds is 3. The Labute approximate surface area is 97.5 Å². The first-order chi connectivity index (χ1) is 7.27. The van der Waals surface area contributed by atoms with E-state index < -0.39 is 16.7 Å². The Hall–Kier alpha value is -0.200. The van der Waals surface area contributed by atoms with E-state index in [1.54, 1.807) is 0 Å². The molecule has 0 bridgehead atoms. The maximum atomic E-state index is 12.1. The van der Waals surface area contributed by atoms with E-state index in [4.69, 9.17) is 0 Å². The van der Waals surface area contributed by atoms with Crippen LogP contribution in [0.15, 0.2) is 0 Å². The summed E-state index contributed by atoms with van der Waals surface area (Å²) < 4.78 is 36.7. The Kier molecular flexibility index (Phi) is 4.31. The standard InChI is InChI=1S/C10H21FN2O2S/c1-10(2,3)12-5-7-13(8-6-12)16(14,15)9-4-11/h4-9H2,1-3H3. The molecule has 1 heterocycles. The Bertz CT molecular complexity index is 316. The van der Waals surface area contributed by atoms with Gasteiger partial charge in [-0.15, -0.1) is 0 Å². The zero-order valence-electron chi connectivity index (χ0n) is 10.2. The predicted octanol–water partition coefficient (Wildman–Crippen LogP) is 0.702. The number of nitrogens with zero attached hydrogens (tertiary/aromatic N) is 2. The number of halogens is 1. The molecule has 0 radical (unpaired) electrons. The van der Waals surface area contributed by atoms with E-state index in [0.717, 1.165) is 13.1 Å². The molecule has 0 aromatic heterocycles. The molecule has 1 rings (SSSR count). The normalized spacial score (nSPS) is 21.2. The van der Waals surface area contributed by atoms with Gasteiger partial charge in [0.05, 0.1) is 5.75 Å². The van der Waals surface area contributed by atoms with E-state index >= 15 is 0 Å². The molecule has 0 atom stereocenters. The van der Waals surface area contributed by atoms with Gasteiger partial charge in [0.25, 0.3) is 0 Å². The Morgan fingerprint density at radius 3 is 2.00 bits per heavy atom. The summed E-state index contributed by atoms with van der Waals surface area (Å²) >= 11 is 0. The lowest BCUT2D eigenvalue weighted by molar-refractivity contribution is 0.0921. The van der Waals surface area contributed by atoms with E-state index in [1.807, 2.05) is 0 Å². The number of sulfonamides is 1. The second-order valence-corrected chi connectivity index (χ2v) is 7.15. The highest BCUT2D eigenvalue weighted by Gasteiger charge is 2.30. The number of alkyl halides is 1. The fourth-order valence-electron chi connectivity index (χ4n) is 1.86. The molecule has 0 aliphatic carbocycles. The zero-order chi connectivity index (χ0) is 12.4. The number of hydrogen-bond acceptors (Lipinski definition) is 3. The molecule has 0 amide bonds. The van der Waals surface area contributed by atoms with Crippen LogP contribution in [0.1, 0.15) is 20.8 Å². The number of piperazine rings is 1. The number of hydrogen-bond donors (Lipinski definition) is 0. The van der Waals surface area contributed by atoms with Gasteiger partial charge in [0.1, 0.15) is 6.67 Å². The SMILES string of the molecule is CC(C)(C)N1CCN(S(=O)(=O)CCF)CC1. The summed E-state index contributed by atoms with van der Waals surface area (Å²) in [4.78, 5) is 2.24. The van der Waals surface area contributed by atoms with Gasteiger partial charge in [-0.05, 0) is 20.8 Å². The van der Waals surface area contributed by atoms with Crippen molar-refractivity contribution in [1.82, 2.24) is 9.21 Å². The molecule has 0 aromatic rings. The van der Waals surface area contributed by atoms with E-state index in [1.165, 1.54) is 4.31 Å². The van der Waals surface area contributed by atoms with Crippen LogP contribution in [0, 0.1) is 0 Å². The summed E-state index contributed by atoms with van der Waals surface area (Å²) in [6.07, 6.45) is 0. The largest absolute Gasteiger partial charge is 0.296 e. The van der Waals surface area contributed by atoms with Gasteiger partial charge < -0.3 is 0 Å². The summed E-state index contributed by atoms with van der Waals surface area (Å²) in [6, 6.07) is 0. The topological polar surface area (TPSA) is 40.6 Å². The van der Waals surface area contributed by atoms with Crippen LogP contribution in [-0.4, -0.2) is 61.8 Å². The van der Waals surface area contributed by atoms with Crippen molar-refractivity contribution in [2.75, 3.05) is 38.6 Å². The average molecular weight is 252 g/mol. The van der Waals surface area contributed by atoms with E-state index in [9.17, 15) is 12.8 Å². The van der Waals surface area contributed by atoms with Crippen LogP contribution < -0.4 is 0 Å². The quantitative estimate of drug-likeness (QED) is 0.742. The fourth-order valence-corrected chi connectivity index (χ4v) is 3.04. The summed E-state index contributed by atoms with van der Waals surface area (Å²) in [7, 11) is -3.37. The Morgan fingerprint density at radius 2 is 1.62 bits per heavy atom. The molecule has 16 heavy (non-hydrogen) atoms. The molecule has 6 heteroatoms. The highest BCUT2D eigenvalue weighted by Crippen LogP contribution is 2.17. The predicted molar refractivity (Wildman–Crippen MR) is 62.7 cm³/mol. The highest BCUT2D eigenvalue weighted by atomic mass is 32.2. The van der Waals surface area contributed by atoms with Crippen molar-refractivity contribution in [2.24, 2.45) is 0 Å². The molecule has 0 unspecified atom stereocenters. The lowest BCUT2D eigenvalue weighted by atomic mass is 10.1. The third-order valence-corrected chi connectivity index (χ3v) is 4.74. The van der Waals surface area contributed by atoms with Crippen molar-refractivity contribution >= 4 is 10.0 Å². The molecule has 1 fully saturated rings. The maximum absolute atomic E-state index is 12.1. The molecule has 0 saturated carbocycles. The molecule has 96 valence electrons. The first-order valence-electron chi connectivity index (χ1n) is 5.56. The monoisotopic (exact) mass is 252 g/mol. The minimum absolute atomic E-state index is 0.0654. The van der Waals surface area contributed by atoms with Gasteiger partial charge in [-0.25, -0.2) is 12.8 Å². The minimum Gasteiger partial charge on any atom is -0.296 e. The third-order valence-electron chi connectivity index (χ3n) is 2.92. The van der Waals surface area contributed by atoms with Crippen LogP contribution in [0.5, 0.6) is 0 Å². The molecular formula is C10H21FN2O2S. The fraction of sp³-hybridized carbons (Fsp3) is 1.00. The molecule has 4 nitrogen and oxygen atoms in total. The van der Waals surface area contributed by atoms with Crippen molar-refractivity contribution < 1.29 is 12.8 Å². The van der Waals surface area contributed by atoms with Gasteiger partial charge in [-0.1, -0.05) is 0 Å².